The summed E-state index contributed by atoms with van der Waals surface area (Å²) in [5.74, 6) is 1.13. The second kappa shape index (κ2) is 9.76. The Morgan fingerprint density at radius 3 is 2.50 bits per heavy atom. The van der Waals surface area contributed by atoms with E-state index in [2.05, 4.69) is 62.8 Å². The van der Waals surface area contributed by atoms with E-state index in [1.165, 1.54) is 4.90 Å². The van der Waals surface area contributed by atoms with Gasteiger partial charge in [0, 0.05) is 42.1 Å². The van der Waals surface area contributed by atoms with E-state index in [-0.39, 0.29) is 11.8 Å². The molecule has 2 heterocycles. The second-order valence-corrected chi connectivity index (χ2v) is 8.33. The SMILES string of the molecule is CSc1ccc(CNC(=O)C2CCN(c3cc(-c4ccccc4)ncn3)CC2)cc1. The molecule has 0 unspecified atom stereocenters. The van der Waals surface area contributed by atoms with Crippen molar-refractivity contribution in [3.05, 3.63) is 72.6 Å². The number of anilines is 1. The highest BCUT2D eigenvalue weighted by Gasteiger charge is 2.25. The molecule has 1 N–H and O–H groups in total. The smallest absolute Gasteiger partial charge is 0.223 e. The molecule has 0 bridgehead atoms. The van der Waals surface area contributed by atoms with Crippen LogP contribution in [0.15, 0.2) is 71.9 Å². The van der Waals surface area contributed by atoms with Crippen LogP contribution in [0.5, 0.6) is 0 Å². The number of benzene rings is 2. The highest BCUT2D eigenvalue weighted by atomic mass is 32.2. The summed E-state index contributed by atoms with van der Waals surface area (Å²) in [6.07, 6.45) is 5.36. The van der Waals surface area contributed by atoms with Gasteiger partial charge in [-0.05, 0) is 36.8 Å². The summed E-state index contributed by atoms with van der Waals surface area (Å²) in [5.41, 5.74) is 3.14. The van der Waals surface area contributed by atoms with Crippen LogP contribution in [0.1, 0.15) is 18.4 Å². The van der Waals surface area contributed by atoms with Crippen molar-refractivity contribution in [2.24, 2.45) is 5.92 Å². The van der Waals surface area contributed by atoms with Gasteiger partial charge in [-0.2, -0.15) is 0 Å². The summed E-state index contributed by atoms with van der Waals surface area (Å²) in [4.78, 5) is 25.0. The topological polar surface area (TPSA) is 58.1 Å². The summed E-state index contributed by atoms with van der Waals surface area (Å²) in [7, 11) is 0. The van der Waals surface area contributed by atoms with E-state index in [9.17, 15) is 4.79 Å². The maximum absolute atomic E-state index is 12.6. The zero-order chi connectivity index (χ0) is 20.8. The summed E-state index contributed by atoms with van der Waals surface area (Å²) in [6.45, 7) is 2.23. The second-order valence-electron chi connectivity index (χ2n) is 7.45. The Kier molecular flexibility index (Phi) is 6.64. The molecule has 4 rings (SSSR count). The lowest BCUT2D eigenvalue weighted by atomic mass is 9.95. The van der Waals surface area contributed by atoms with Crippen molar-refractivity contribution < 1.29 is 4.79 Å². The minimum absolute atomic E-state index is 0.0575. The lowest BCUT2D eigenvalue weighted by Gasteiger charge is -2.32. The lowest BCUT2D eigenvalue weighted by molar-refractivity contribution is -0.125. The van der Waals surface area contributed by atoms with Gasteiger partial charge in [-0.15, -0.1) is 11.8 Å². The molecular formula is C24H26N4OS. The van der Waals surface area contributed by atoms with Crippen LogP contribution in [0.4, 0.5) is 5.82 Å². The molecular weight excluding hydrogens is 392 g/mol. The van der Waals surface area contributed by atoms with Gasteiger partial charge in [-0.25, -0.2) is 9.97 Å². The molecule has 0 saturated carbocycles. The Labute approximate surface area is 181 Å². The maximum atomic E-state index is 12.6. The fourth-order valence-corrected chi connectivity index (χ4v) is 4.14. The van der Waals surface area contributed by atoms with Gasteiger partial charge in [0.25, 0.3) is 0 Å². The first-order chi connectivity index (χ1) is 14.7. The third kappa shape index (κ3) is 5.00. The fourth-order valence-electron chi connectivity index (χ4n) is 3.73. The number of rotatable bonds is 6. The number of thioether (sulfide) groups is 1. The third-order valence-electron chi connectivity index (χ3n) is 5.54. The monoisotopic (exact) mass is 418 g/mol. The molecule has 0 radical (unpaired) electrons. The van der Waals surface area contributed by atoms with E-state index in [4.69, 9.17) is 0 Å². The van der Waals surface area contributed by atoms with Crippen molar-refractivity contribution in [2.45, 2.75) is 24.3 Å². The van der Waals surface area contributed by atoms with Crippen molar-refractivity contribution in [3.8, 4) is 11.3 Å². The molecule has 6 heteroatoms. The van der Waals surface area contributed by atoms with Crippen LogP contribution in [-0.2, 0) is 11.3 Å². The van der Waals surface area contributed by atoms with Crippen LogP contribution in [0.3, 0.4) is 0 Å². The number of nitrogens with one attached hydrogen (secondary N) is 1. The molecule has 1 saturated heterocycles. The van der Waals surface area contributed by atoms with Crippen molar-refractivity contribution in [1.82, 2.24) is 15.3 Å². The minimum Gasteiger partial charge on any atom is -0.356 e. The number of carbonyl (C=O) groups excluding carboxylic acids is 1. The molecule has 1 aliphatic heterocycles. The molecule has 0 spiro atoms. The van der Waals surface area contributed by atoms with Crippen molar-refractivity contribution >= 4 is 23.5 Å². The first-order valence-electron chi connectivity index (χ1n) is 10.3. The van der Waals surface area contributed by atoms with Gasteiger partial charge in [0.2, 0.25) is 5.91 Å². The Bertz CT molecular complexity index is 970. The Hall–Kier alpha value is -2.86. The predicted octanol–water partition coefficient (Wildman–Crippen LogP) is 4.40. The molecule has 1 aliphatic rings. The molecule has 1 aromatic heterocycles. The summed E-state index contributed by atoms with van der Waals surface area (Å²) < 4.78 is 0. The van der Waals surface area contributed by atoms with Crippen molar-refractivity contribution in [2.75, 3.05) is 24.2 Å². The zero-order valence-corrected chi connectivity index (χ0v) is 17.9. The van der Waals surface area contributed by atoms with Crippen LogP contribution in [0.2, 0.25) is 0 Å². The van der Waals surface area contributed by atoms with Gasteiger partial charge < -0.3 is 10.2 Å². The van der Waals surface area contributed by atoms with E-state index in [1.54, 1.807) is 18.1 Å². The van der Waals surface area contributed by atoms with E-state index in [0.29, 0.717) is 6.54 Å². The van der Waals surface area contributed by atoms with Crippen LogP contribution in [0, 0.1) is 5.92 Å². The minimum atomic E-state index is 0.0575. The van der Waals surface area contributed by atoms with Gasteiger partial charge in [0.05, 0.1) is 5.69 Å². The van der Waals surface area contributed by atoms with Crippen molar-refractivity contribution in [1.29, 1.82) is 0 Å². The number of piperidine rings is 1. The molecule has 1 fully saturated rings. The van der Waals surface area contributed by atoms with Gasteiger partial charge in [0.15, 0.2) is 0 Å². The van der Waals surface area contributed by atoms with E-state index in [1.807, 2.05) is 24.3 Å². The highest BCUT2D eigenvalue weighted by molar-refractivity contribution is 7.98. The first kappa shape index (κ1) is 20.4. The molecule has 5 nitrogen and oxygen atoms in total. The number of hydrogen-bond donors (Lipinski definition) is 1. The Balaban J connectivity index is 1.30. The van der Waals surface area contributed by atoms with Crippen molar-refractivity contribution in [3.63, 3.8) is 0 Å². The van der Waals surface area contributed by atoms with Crippen LogP contribution < -0.4 is 10.2 Å². The van der Waals surface area contributed by atoms with Crippen LogP contribution in [-0.4, -0.2) is 35.2 Å². The van der Waals surface area contributed by atoms with Crippen LogP contribution >= 0.6 is 11.8 Å². The zero-order valence-electron chi connectivity index (χ0n) is 17.1. The van der Waals surface area contributed by atoms with E-state index >= 15 is 0 Å². The quantitative estimate of drug-likeness (QED) is 0.602. The number of carbonyl (C=O) groups is 1. The number of aromatic nitrogens is 2. The van der Waals surface area contributed by atoms with Gasteiger partial charge in [-0.1, -0.05) is 42.5 Å². The molecule has 1 amide bonds. The molecule has 30 heavy (non-hydrogen) atoms. The summed E-state index contributed by atoms with van der Waals surface area (Å²) in [6, 6.07) is 20.5. The van der Waals surface area contributed by atoms with Gasteiger partial charge in [-0.3, -0.25) is 4.79 Å². The standard InChI is InChI=1S/C24H26N4OS/c1-30-21-9-7-18(8-10-21)16-25-24(29)20-11-13-28(14-12-20)23-15-22(26-17-27-23)19-5-3-2-4-6-19/h2-10,15,17,20H,11-14,16H2,1H3,(H,25,29). The number of hydrogen-bond acceptors (Lipinski definition) is 5. The molecule has 3 aromatic rings. The first-order valence-corrected chi connectivity index (χ1v) is 11.5. The fraction of sp³-hybridized carbons (Fsp3) is 0.292. The largest absolute Gasteiger partial charge is 0.356 e. The maximum Gasteiger partial charge on any atom is 0.223 e. The number of amides is 1. The predicted molar refractivity (Wildman–Crippen MR) is 122 cm³/mol. The molecule has 154 valence electrons. The normalized spacial score (nSPS) is 14.5. The highest BCUT2D eigenvalue weighted by Crippen LogP contribution is 2.25. The lowest BCUT2D eigenvalue weighted by Crippen LogP contribution is -2.40. The van der Waals surface area contributed by atoms with E-state index < -0.39 is 0 Å². The Morgan fingerprint density at radius 2 is 1.80 bits per heavy atom. The molecule has 0 aliphatic carbocycles. The number of nitrogens with zero attached hydrogens (tertiary/aromatic N) is 3. The molecule has 2 aromatic carbocycles. The van der Waals surface area contributed by atoms with Gasteiger partial charge in [0.1, 0.15) is 12.1 Å². The summed E-state index contributed by atoms with van der Waals surface area (Å²) in [5, 5.41) is 3.10. The Morgan fingerprint density at radius 1 is 1.07 bits per heavy atom. The third-order valence-corrected chi connectivity index (χ3v) is 6.28. The van der Waals surface area contributed by atoms with E-state index in [0.717, 1.165) is 48.6 Å². The molecule has 0 atom stereocenters. The average Bonchev–Trinajstić information content (AvgIpc) is 2.83. The summed E-state index contributed by atoms with van der Waals surface area (Å²) >= 11 is 1.72. The van der Waals surface area contributed by atoms with Crippen LogP contribution in [0.25, 0.3) is 11.3 Å². The van der Waals surface area contributed by atoms with Gasteiger partial charge >= 0.3 is 0 Å². The average molecular weight is 419 g/mol.